The summed E-state index contributed by atoms with van der Waals surface area (Å²) in [6, 6.07) is 7.27. The first-order chi connectivity index (χ1) is 9.54. The smallest absolute Gasteiger partial charge is 0.328 e. The van der Waals surface area contributed by atoms with E-state index in [-0.39, 0.29) is 13.2 Å². The Balaban J connectivity index is 1.85. The normalized spacial score (nSPS) is 33.2. The molecular weight excluding hydrogens is 260 g/mol. The van der Waals surface area contributed by atoms with Crippen molar-refractivity contribution in [2.45, 2.75) is 31.2 Å². The third kappa shape index (κ3) is 2.01. The van der Waals surface area contributed by atoms with Gasteiger partial charge in [-0.05, 0) is 12.5 Å². The molecule has 3 rings (SSSR count). The highest BCUT2D eigenvalue weighted by Gasteiger charge is 2.62. The second kappa shape index (κ2) is 4.82. The van der Waals surface area contributed by atoms with Crippen LogP contribution in [0.15, 0.2) is 24.3 Å². The number of hydrogen-bond donors (Lipinski definition) is 2. The molecule has 0 saturated carbocycles. The minimum absolute atomic E-state index is 0.0754. The third-order valence-electron chi connectivity index (χ3n) is 3.93. The Labute approximate surface area is 117 Å². The van der Waals surface area contributed by atoms with Crippen LogP contribution in [0.25, 0.3) is 0 Å². The van der Waals surface area contributed by atoms with E-state index in [4.69, 9.17) is 15.3 Å². The van der Waals surface area contributed by atoms with Crippen LogP contribution in [0.2, 0.25) is 0 Å². The van der Waals surface area contributed by atoms with Crippen LogP contribution < -0.4 is 5.73 Å². The first kappa shape index (κ1) is 13.5. The van der Waals surface area contributed by atoms with Gasteiger partial charge < -0.3 is 15.6 Å². The van der Waals surface area contributed by atoms with Crippen LogP contribution in [0.4, 0.5) is 0 Å². The Morgan fingerprint density at radius 1 is 1.55 bits per heavy atom. The zero-order valence-corrected chi connectivity index (χ0v) is 11.3. The fraction of sp³-hybridized carbons (Fsp3) is 0.500. The van der Waals surface area contributed by atoms with Crippen molar-refractivity contribution in [3.63, 3.8) is 0 Å². The Bertz CT molecular complexity index is 536. The number of aliphatic hydroxyl groups is 1. The highest BCUT2D eigenvalue weighted by Crippen LogP contribution is 2.36. The average Bonchev–Trinajstić information content (AvgIpc) is 2.85. The Hall–Kier alpha value is -1.47. The Morgan fingerprint density at radius 3 is 3.05 bits per heavy atom. The van der Waals surface area contributed by atoms with Gasteiger partial charge in [0.1, 0.15) is 18.2 Å². The number of cyclic esters (lactones) is 1. The summed E-state index contributed by atoms with van der Waals surface area (Å²) in [6.45, 7) is 2.26. The number of hydroxylamine groups is 2. The van der Waals surface area contributed by atoms with E-state index >= 15 is 0 Å². The maximum Gasteiger partial charge on any atom is 0.328 e. The number of ether oxygens (including phenoxy) is 1. The molecule has 108 valence electrons. The monoisotopic (exact) mass is 278 g/mol. The highest BCUT2D eigenvalue weighted by molar-refractivity contribution is 5.80. The van der Waals surface area contributed by atoms with Gasteiger partial charge in [-0.3, -0.25) is 9.63 Å². The Kier molecular flexibility index (Phi) is 3.25. The van der Waals surface area contributed by atoms with Crippen molar-refractivity contribution < 1.29 is 19.5 Å². The second-order valence-corrected chi connectivity index (χ2v) is 5.46. The van der Waals surface area contributed by atoms with Crippen LogP contribution >= 0.6 is 0 Å². The number of benzene rings is 1. The molecule has 0 bridgehead atoms. The lowest BCUT2D eigenvalue weighted by Crippen LogP contribution is -2.57. The van der Waals surface area contributed by atoms with Gasteiger partial charge in [0.15, 0.2) is 6.04 Å². The molecule has 6 heteroatoms. The number of aryl methyl sites for hydroxylation is 1. The molecule has 0 spiro atoms. The van der Waals surface area contributed by atoms with Crippen molar-refractivity contribution in [2.24, 2.45) is 5.73 Å². The maximum atomic E-state index is 11.9. The first-order valence-electron chi connectivity index (χ1n) is 6.60. The number of fused-ring (bicyclic) bond motifs is 1. The van der Waals surface area contributed by atoms with E-state index in [0.717, 1.165) is 11.1 Å². The number of carbonyl (C=O) groups is 1. The number of nitrogens with zero attached hydrogens (tertiary/aromatic N) is 1. The zero-order valence-electron chi connectivity index (χ0n) is 11.3. The van der Waals surface area contributed by atoms with Crippen LogP contribution in [-0.2, 0) is 20.9 Å². The molecule has 2 heterocycles. The molecule has 1 aromatic rings. The molecule has 3 atom stereocenters. The summed E-state index contributed by atoms with van der Waals surface area (Å²) in [5.41, 5.74) is 7.39. The number of nitrogens with two attached hydrogens (primary N) is 1. The summed E-state index contributed by atoms with van der Waals surface area (Å²) < 4.78 is 5.05. The van der Waals surface area contributed by atoms with E-state index in [0.29, 0.717) is 6.54 Å². The van der Waals surface area contributed by atoms with Gasteiger partial charge in [-0.2, -0.15) is 5.06 Å². The number of hydrogen-bond acceptors (Lipinski definition) is 6. The molecule has 20 heavy (non-hydrogen) atoms. The number of aliphatic hydroxyl groups excluding tert-OH is 1. The lowest BCUT2D eigenvalue weighted by atomic mass is 9.89. The van der Waals surface area contributed by atoms with Crippen LogP contribution in [0.3, 0.4) is 0 Å². The predicted molar refractivity (Wildman–Crippen MR) is 70.3 cm³/mol. The van der Waals surface area contributed by atoms with Gasteiger partial charge in [-0.25, -0.2) is 0 Å². The lowest BCUT2D eigenvalue weighted by molar-refractivity contribution is -0.193. The second-order valence-electron chi connectivity index (χ2n) is 5.46. The summed E-state index contributed by atoms with van der Waals surface area (Å²) in [5.74, 6) is -0.392. The molecule has 0 aromatic heterocycles. The minimum Gasteiger partial charge on any atom is -0.462 e. The molecule has 2 aliphatic rings. The summed E-state index contributed by atoms with van der Waals surface area (Å²) in [7, 11) is 0. The third-order valence-corrected chi connectivity index (χ3v) is 3.93. The topological polar surface area (TPSA) is 85.0 Å². The van der Waals surface area contributed by atoms with E-state index in [2.05, 4.69) is 0 Å². The van der Waals surface area contributed by atoms with Gasteiger partial charge >= 0.3 is 5.97 Å². The average molecular weight is 278 g/mol. The Morgan fingerprint density at radius 2 is 2.35 bits per heavy atom. The van der Waals surface area contributed by atoms with Gasteiger partial charge in [-0.1, -0.05) is 29.8 Å². The summed E-state index contributed by atoms with van der Waals surface area (Å²) in [6.07, 6.45) is -0.622. The SMILES string of the molecule is Cc1cccc(CN2OC(CO)[C@@]3(N)COC(=O)[C@@H]23)c1. The van der Waals surface area contributed by atoms with Crippen molar-refractivity contribution in [1.82, 2.24) is 5.06 Å². The maximum absolute atomic E-state index is 11.9. The van der Waals surface area contributed by atoms with E-state index in [9.17, 15) is 9.90 Å². The molecule has 0 aliphatic carbocycles. The summed E-state index contributed by atoms with van der Waals surface area (Å²) in [4.78, 5) is 17.5. The summed E-state index contributed by atoms with van der Waals surface area (Å²) in [5, 5.41) is 10.9. The van der Waals surface area contributed by atoms with Gasteiger partial charge in [0.2, 0.25) is 0 Å². The van der Waals surface area contributed by atoms with E-state index in [1.807, 2.05) is 31.2 Å². The quantitative estimate of drug-likeness (QED) is 0.740. The molecule has 6 nitrogen and oxygen atoms in total. The van der Waals surface area contributed by atoms with Crippen LogP contribution in [0.1, 0.15) is 11.1 Å². The highest BCUT2D eigenvalue weighted by atomic mass is 16.7. The van der Waals surface area contributed by atoms with Crippen molar-refractivity contribution in [1.29, 1.82) is 0 Å². The predicted octanol–water partition coefficient (Wildman–Crippen LogP) is -0.274. The molecule has 1 unspecified atom stereocenters. The van der Waals surface area contributed by atoms with E-state index < -0.39 is 23.7 Å². The lowest BCUT2D eigenvalue weighted by Gasteiger charge is -2.22. The van der Waals surface area contributed by atoms with Crippen molar-refractivity contribution >= 4 is 5.97 Å². The van der Waals surface area contributed by atoms with Gasteiger partial charge in [0.05, 0.1) is 13.2 Å². The number of esters is 1. The minimum atomic E-state index is -0.977. The fourth-order valence-corrected chi connectivity index (χ4v) is 2.87. The standard InChI is InChI=1S/C14H18N2O4/c1-9-3-2-4-10(5-9)6-16-12-13(18)19-8-14(12,15)11(7-17)20-16/h2-5,11-12,17H,6-8,15H2,1H3/t11?,12-,14+/m1/s1. The summed E-state index contributed by atoms with van der Waals surface area (Å²) >= 11 is 0. The van der Waals surface area contributed by atoms with Crippen LogP contribution in [-0.4, -0.2) is 47.0 Å². The van der Waals surface area contributed by atoms with Crippen molar-refractivity contribution in [2.75, 3.05) is 13.2 Å². The number of rotatable bonds is 3. The molecule has 0 amide bonds. The molecule has 2 fully saturated rings. The molecule has 2 aliphatic heterocycles. The number of carbonyl (C=O) groups excluding carboxylic acids is 1. The largest absolute Gasteiger partial charge is 0.462 e. The van der Waals surface area contributed by atoms with E-state index in [1.165, 1.54) is 5.06 Å². The van der Waals surface area contributed by atoms with Gasteiger partial charge in [-0.15, -0.1) is 0 Å². The molecular formula is C14H18N2O4. The molecule has 0 radical (unpaired) electrons. The van der Waals surface area contributed by atoms with Crippen molar-refractivity contribution in [3.8, 4) is 0 Å². The van der Waals surface area contributed by atoms with Crippen LogP contribution in [0, 0.1) is 6.92 Å². The molecule has 2 saturated heterocycles. The van der Waals surface area contributed by atoms with E-state index in [1.54, 1.807) is 0 Å². The fourth-order valence-electron chi connectivity index (χ4n) is 2.87. The van der Waals surface area contributed by atoms with Crippen molar-refractivity contribution in [3.05, 3.63) is 35.4 Å². The molecule has 1 aromatic carbocycles. The first-order valence-corrected chi connectivity index (χ1v) is 6.60. The van der Waals surface area contributed by atoms with Crippen LogP contribution in [0.5, 0.6) is 0 Å². The van der Waals surface area contributed by atoms with Gasteiger partial charge in [0.25, 0.3) is 0 Å². The van der Waals surface area contributed by atoms with Gasteiger partial charge in [0, 0.05) is 0 Å². The zero-order chi connectivity index (χ0) is 14.3. The molecule has 3 N–H and O–H groups in total.